The molecule has 0 unspecified atom stereocenters. The maximum absolute atomic E-state index is 12.6. The first-order valence-corrected chi connectivity index (χ1v) is 8.76. The Labute approximate surface area is 161 Å². The largest absolute Gasteiger partial charge is 0.482 e. The van der Waals surface area contributed by atoms with Gasteiger partial charge in [0, 0.05) is 16.7 Å². The van der Waals surface area contributed by atoms with Gasteiger partial charge < -0.3 is 10.1 Å². The summed E-state index contributed by atoms with van der Waals surface area (Å²) in [5, 5.41) is 7.07. The van der Waals surface area contributed by atoms with Crippen molar-refractivity contribution in [3.63, 3.8) is 0 Å². The van der Waals surface area contributed by atoms with Crippen LogP contribution in [-0.4, -0.2) is 24.1 Å². The van der Waals surface area contributed by atoms with Gasteiger partial charge in [-0.05, 0) is 18.2 Å². The molecule has 0 radical (unpaired) electrons. The van der Waals surface area contributed by atoms with Gasteiger partial charge in [0.1, 0.15) is 5.75 Å². The summed E-state index contributed by atoms with van der Waals surface area (Å²) in [5.74, 6) is -0.125. The van der Waals surface area contributed by atoms with E-state index >= 15 is 0 Å². The molecule has 6 heteroatoms. The standard InChI is InChI=1S/C22H17N3O3/c26-20-14-28-19-13-17(11-12-18(19)23-20)22(27)25-24-21(15-7-3-1-4-8-15)16-9-5-2-6-10-16/h1-13H,14H2,(H,23,26)(H,25,27). The van der Waals surface area contributed by atoms with E-state index in [1.54, 1.807) is 18.2 Å². The quantitative estimate of drug-likeness (QED) is 0.546. The molecule has 3 aromatic carbocycles. The lowest BCUT2D eigenvalue weighted by Crippen LogP contribution is -2.26. The summed E-state index contributed by atoms with van der Waals surface area (Å²) in [6, 6.07) is 24.1. The maximum atomic E-state index is 12.6. The minimum Gasteiger partial charge on any atom is -0.482 e. The maximum Gasteiger partial charge on any atom is 0.271 e. The predicted octanol–water partition coefficient (Wildman–Crippen LogP) is 3.20. The van der Waals surface area contributed by atoms with Crippen LogP contribution >= 0.6 is 0 Å². The number of hydrogen-bond acceptors (Lipinski definition) is 4. The van der Waals surface area contributed by atoms with Crippen LogP contribution in [0.15, 0.2) is 84.0 Å². The molecule has 0 saturated carbocycles. The summed E-state index contributed by atoms with van der Waals surface area (Å²) < 4.78 is 5.36. The molecule has 0 aromatic heterocycles. The van der Waals surface area contributed by atoms with Crippen molar-refractivity contribution in [2.75, 3.05) is 11.9 Å². The van der Waals surface area contributed by atoms with Gasteiger partial charge in [-0.25, -0.2) is 5.43 Å². The van der Waals surface area contributed by atoms with Gasteiger partial charge in [-0.15, -0.1) is 0 Å². The van der Waals surface area contributed by atoms with Crippen LogP contribution in [0.5, 0.6) is 5.75 Å². The number of fused-ring (bicyclic) bond motifs is 1. The van der Waals surface area contributed by atoms with E-state index in [0.29, 0.717) is 22.7 Å². The Morgan fingerprint density at radius 3 is 2.18 bits per heavy atom. The van der Waals surface area contributed by atoms with Crippen molar-refractivity contribution in [2.24, 2.45) is 5.10 Å². The third-order valence-corrected chi connectivity index (χ3v) is 4.24. The van der Waals surface area contributed by atoms with Crippen LogP contribution in [0.3, 0.4) is 0 Å². The van der Waals surface area contributed by atoms with Crippen molar-refractivity contribution in [1.29, 1.82) is 0 Å². The van der Waals surface area contributed by atoms with Crippen LogP contribution in [0.2, 0.25) is 0 Å². The van der Waals surface area contributed by atoms with Crippen LogP contribution in [0.25, 0.3) is 0 Å². The average molecular weight is 371 g/mol. The Hall–Kier alpha value is -3.93. The van der Waals surface area contributed by atoms with Crippen molar-refractivity contribution in [3.8, 4) is 5.75 Å². The molecule has 2 N–H and O–H groups in total. The monoisotopic (exact) mass is 371 g/mol. The Balaban J connectivity index is 1.60. The lowest BCUT2D eigenvalue weighted by atomic mass is 10.0. The molecule has 0 aliphatic carbocycles. The van der Waals surface area contributed by atoms with Crippen LogP contribution in [0, 0.1) is 0 Å². The molecule has 0 fully saturated rings. The van der Waals surface area contributed by atoms with Gasteiger partial charge in [-0.1, -0.05) is 60.7 Å². The summed E-state index contributed by atoms with van der Waals surface area (Å²) in [5.41, 5.74) is 6.00. The second-order valence-corrected chi connectivity index (χ2v) is 6.18. The minimum absolute atomic E-state index is 0.0671. The number of hydrogen-bond donors (Lipinski definition) is 2. The highest BCUT2D eigenvalue weighted by Gasteiger charge is 2.18. The van der Waals surface area contributed by atoms with Gasteiger partial charge in [-0.3, -0.25) is 9.59 Å². The molecule has 3 aromatic rings. The number of nitrogens with one attached hydrogen (secondary N) is 2. The number of carbonyl (C=O) groups is 2. The fourth-order valence-electron chi connectivity index (χ4n) is 2.87. The first-order valence-electron chi connectivity index (χ1n) is 8.76. The lowest BCUT2D eigenvalue weighted by Gasteiger charge is -2.18. The van der Waals surface area contributed by atoms with Gasteiger partial charge in [0.25, 0.3) is 11.8 Å². The molecular formula is C22H17N3O3. The van der Waals surface area contributed by atoms with Crippen molar-refractivity contribution in [3.05, 3.63) is 95.6 Å². The minimum atomic E-state index is -0.368. The van der Waals surface area contributed by atoms with E-state index in [0.717, 1.165) is 11.1 Å². The van der Waals surface area contributed by atoms with Gasteiger partial charge in [0.2, 0.25) is 0 Å². The van der Waals surface area contributed by atoms with Crippen LogP contribution in [0.4, 0.5) is 5.69 Å². The fraction of sp³-hybridized carbons (Fsp3) is 0.0455. The molecule has 138 valence electrons. The normalized spacial score (nSPS) is 12.2. The molecule has 1 heterocycles. The molecule has 0 saturated heterocycles. The number of anilines is 1. The van der Waals surface area contributed by atoms with Gasteiger partial charge in [0.15, 0.2) is 6.61 Å². The van der Waals surface area contributed by atoms with Gasteiger partial charge in [-0.2, -0.15) is 5.10 Å². The Bertz CT molecular complexity index is 1010. The van der Waals surface area contributed by atoms with Gasteiger partial charge in [0.05, 0.1) is 11.4 Å². The van der Waals surface area contributed by atoms with Crippen LogP contribution < -0.4 is 15.5 Å². The first-order chi connectivity index (χ1) is 13.7. The second-order valence-electron chi connectivity index (χ2n) is 6.18. The van der Waals surface area contributed by atoms with E-state index in [9.17, 15) is 9.59 Å². The Morgan fingerprint density at radius 2 is 1.54 bits per heavy atom. The van der Waals surface area contributed by atoms with E-state index in [1.807, 2.05) is 60.7 Å². The molecule has 4 rings (SSSR count). The van der Waals surface area contributed by atoms with Crippen molar-refractivity contribution >= 4 is 23.2 Å². The molecule has 0 bridgehead atoms. The van der Waals surface area contributed by atoms with E-state index in [1.165, 1.54) is 0 Å². The Morgan fingerprint density at radius 1 is 0.893 bits per heavy atom. The number of rotatable bonds is 4. The predicted molar refractivity (Wildman–Crippen MR) is 107 cm³/mol. The van der Waals surface area contributed by atoms with Crippen molar-refractivity contribution < 1.29 is 14.3 Å². The third-order valence-electron chi connectivity index (χ3n) is 4.24. The smallest absolute Gasteiger partial charge is 0.271 e. The molecule has 28 heavy (non-hydrogen) atoms. The molecule has 0 spiro atoms. The lowest BCUT2D eigenvalue weighted by molar-refractivity contribution is -0.118. The summed E-state index contributed by atoms with van der Waals surface area (Å²) in [6.07, 6.45) is 0. The zero-order chi connectivity index (χ0) is 19.3. The number of amides is 2. The fourth-order valence-corrected chi connectivity index (χ4v) is 2.87. The van der Waals surface area contributed by atoms with Gasteiger partial charge >= 0.3 is 0 Å². The van der Waals surface area contributed by atoms with E-state index in [2.05, 4.69) is 15.8 Å². The highest BCUT2D eigenvalue weighted by molar-refractivity contribution is 6.13. The summed E-state index contributed by atoms with van der Waals surface area (Å²) in [4.78, 5) is 24.0. The highest BCUT2D eigenvalue weighted by Crippen LogP contribution is 2.28. The second kappa shape index (κ2) is 7.75. The van der Waals surface area contributed by atoms with E-state index < -0.39 is 0 Å². The number of hydrazone groups is 1. The SMILES string of the molecule is O=C1COc2cc(C(=O)NN=C(c3ccccc3)c3ccccc3)ccc2N1. The summed E-state index contributed by atoms with van der Waals surface area (Å²) >= 11 is 0. The summed E-state index contributed by atoms with van der Waals surface area (Å²) in [7, 11) is 0. The van der Waals surface area contributed by atoms with Crippen LogP contribution in [0.1, 0.15) is 21.5 Å². The molecule has 1 aliphatic heterocycles. The molecule has 1 aliphatic rings. The zero-order valence-corrected chi connectivity index (χ0v) is 14.9. The topological polar surface area (TPSA) is 79.8 Å². The number of nitrogens with zero attached hydrogens (tertiary/aromatic N) is 1. The first kappa shape index (κ1) is 17.5. The van der Waals surface area contributed by atoms with E-state index in [-0.39, 0.29) is 18.4 Å². The molecular weight excluding hydrogens is 354 g/mol. The number of ether oxygens (including phenoxy) is 1. The van der Waals surface area contributed by atoms with Crippen molar-refractivity contribution in [1.82, 2.24) is 5.43 Å². The van der Waals surface area contributed by atoms with Crippen molar-refractivity contribution in [2.45, 2.75) is 0 Å². The molecule has 6 nitrogen and oxygen atoms in total. The number of carbonyl (C=O) groups excluding carboxylic acids is 2. The third kappa shape index (κ3) is 3.76. The molecule has 0 atom stereocenters. The number of benzene rings is 3. The summed E-state index contributed by atoms with van der Waals surface area (Å²) in [6.45, 7) is -0.0671. The van der Waals surface area contributed by atoms with E-state index in [4.69, 9.17) is 4.74 Å². The zero-order valence-electron chi connectivity index (χ0n) is 14.9. The average Bonchev–Trinajstić information content (AvgIpc) is 2.75. The Kier molecular flexibility index (Phi) is 4.84. The molecule has 2 amide bonds. The highest BCUT2D eigenvalue weighted by atomic mass is 16.5. The van der Waals surface area contributed by atoms with Crippen LogP contribution in [-0.2, 0) is 4.79 Å².